The zero-order chi connectivity index (χ0) is 34.0. The molecule has 0 aliphatic heterocycles. The average molecular weight is 680 g/mol. The molecule has 0 aliphatic carbocycles. The molecule has 0 heterocycles. The van der Waals surface area contributed by atoms with Crippen LogP contribution in [0.4, 0.5) is 10.1 Å². The quantitative estimate of drug-likeness (QED) is 0.152. The molecule has 2 amide bonds. The first-order valence-electron chi connectivity index (χ1n) is 15.4. The van der Waals surface area contributed by atoms with Crippen LogP contribution < -0.4 is 14.4 Å². The van der Waals surface area contributed by atoms with Crippen molar-refractivity contribution in [1.29, 1.82) is 0 Å². The Bertz CT molecular complexity index is 1720. The summed E-state index contributed by atoms with van der Waals surface area (Å²) in [5, 5.41) is 3.35. The van der Waals surface area contributed by atoms with Crippen LogP contribution in [0.15, 0.2) is 108 Å². The van der Waals surface area contributed by atoms with Crippen molar-refractivity contribution >= 4 is 39.1 Å². The average Bonchev–Trinajstić information content (AvgIpc) is 3.07. The van der Waals surface area contributed by atoms with Gasteiger partial charge in [-0.05, 0) is 92.1 Å². The molecule has 0 bridgehead atoms. The van der Waals surface area contributed by atoms with Crippen LogP contribution >= 0.6 is 11.6 Å². The van der Waals surface area contributed by atoms with Crippen LogP contribution in [0.3, 0.4) is 0 Å². The topological polar surface area (TPSA) is 96.0 Å². The van der Waals surface area contributed by atoms with Gasteiger partial charge in [0.25, 0.3) is 10.0 Å². The summed E-state index contributed by atoms with van der Waals surface area (Å²) in [5.41, 5.74) is 1.61. The predicted octanol–water partition coefficient (Wildman–Crippen LogP) is 6.63. The summed E-state index contributed by atoms with van der Waals surface area (Å²) in [6.07, 6.45) is 0.837. The molecule has 2 atom stereocenters. The molecule has 4 aromatic carbocycles. The van der Waals surface area contributed by atoms with E-state index in [1.54, 1.807) is 24.3 Å². The van der Waals surface area contributed by atoms with Crippen LogP contribution in [0.5, 0.6) is 5.75 Å². The maximum absolute atomic E-state index is 14.5. The fourth-order valence-electron chi connectivity index (χ4n) is 4.92. The van der Waals surface area contributed by atoms with Crippen molar-refractivity contribution in [1.82, 2.24) is 10.2 Å². The van der Waals surface area contributed by atoms with E-state index in [-0.39, 0.29) is 35.5 Å². The molecule has 0 fully saturated rings. The second-order valence-corrected chi connectivity index (χ2v) is 13.4. The van der Waals surface area contributed by atoms with Gasteiger partial charge in [-0.25, -0.2) is 12.8 Å². The molecular weight excluding hydrogens is 641 g/mol. The molecule has 8 nitrogen and oxygen atoms in total. The van der Waals surface area contributed by atoms with Gasteiger partial charge in [-0.1, -0.05) is 61.0 Å². The van der Waals surface area contributed by atoms with Gasteiger partial charge in [-0.2, -0.15) is 0 Å². The molecular formula is C36H39ClFN3O5S. The highest BCUT2D eigenvalue weighted by molar-refractivity contribution is 7.92. The second-order valence-electron chi connectivity index (χ2n) is 11.1. The Hall–Kier alpha value is -4.41. The third kappa shape index (κ3) is 9.56. The van der Waals surface area contributed by atoms with E-state index in [0.29, 0.717) is 29.4 Å². The third-order valence-electron chi connectivity index (χ3n) is 7.65. The lowest BCUT2D eigenvalue weighted by Gasteiger charge is -2.34. The summed E-state index contributed by atoms with van der Waals surface area (Å²) in [6.45, 7) is 5.38. The van der Waals surface area contributed by atoms with Gasteiger partial charge in [-0.15, -0.1) is 0 Å². The fourth-order valence-corrected chi connectivity index (χ4v) is 6.46. The van der Waals surface area contributed by atoms with Crippen molar-refractivity contribution in [2.45, 2.75) is 57.1 Å². The van der Waals surface area contributed by atoms with Crippen LogP contribution in [-0.4, -0.2) is 50.4 Å². The van der Waals surface area contributed by atoms with E-state index in [0.717, 1.165) is 9.87 Å². The molecule has 0 aliphatic rings. The number of ether oxygens (including phenoxy) is 1. The van der Waals surface area contributed by atoms with Crippen molar-refractivity contribution in [2.24, 2.45) is 0 Å². The molecule has 0 saturated heterocycles. The molecule has 47 heavy (non-hydrogen) atoms. The highest BCUT2D eigenvalue weighted by atomic mass is 35.5. The van der Waals surface area contributed by atoms with Crippen LogP contribution in [0.1, 0.15) is 38.3 Å². The van der Waals surface area contributed by atoms with E-state index >= 15 is 0 Å². The highest BCUT2D eigenvalue weighted by Crippen LogP contribution is 2.28. The minimum Gasteiger partial charge on any atom is -0.494 e. The molecule has 1 N–H and O–H groups in total. The monoisotopic (exact) mass is 679 g/mol. The molecule has 4 aromatic rings. The largest absolute Gasteiger partial charge is 0.494 e. The molecule has 11 heteroatoms. The number of nitrogens with one attached hydrogen (secondary N) is 1. The van der Waals surface area contributed by atoms with E-state index in [4.69, 9.17) is 16.3 Å². The van der Waals surface area contributed by atoms with Gasteiger partial charge >= 0.3 is 0 Å². The second kappa shape index (κ2) is 16.4. The number of carbonyl (C=O) groups excluding carboxylic acids is 2. The first-order valence-corrected chi connectivity index (χ1v) is 17.2. The van der Waals surface area contributed by atoms with Gasteiger partial charge in [0.05, 0.1) is 17.2 Å². The highest BCUT2D eigenvalue weighted by Gasteiger charge is 2.35. The Morgan fingerprint density at radius 1 is 0.872 bits per heavy atom. The van der Waals surface area contributed by atoms with Crippen molar-refractivity contribution in [2.75, 3.05) is 17.5 Å². The summed E-state index contributed by atoms with van der Waals surface area (Å²) in [7, 11) is -4.29. The van der Waals surface area contributed by atoms with Crippen molar-refractivity contribution in [3.05, 3.63) is 125 Å². The first-order chi connectivity index (χ1) is 22.5. The summed E-state index contributed by atoms with van der Waals surface area (Å²) < 4.78 is 48.7. The van der Waals surface area contributed by atoms with Crippen LogP contribution in [0.25, 0.3) is 0 Å². The predicted molar refractivity (Wildman–Crippen MR) is 182 cm³/mol. The maximum Gasteiger partial charge on any atom is 0.264 e. The molecule has 0 saturated carbocycles. The SMILES string of the molecule is CCOc1ccc(N(CC(=O)N(Cc2ccc(F)cc2)[C@H](Cc2ccccc2)C(=O)N[C@H](C)CC)S(=O)(=O)c2ccc(Cl)cc2)cc1. The number of nitrogens with zero attached hydrogens (tertiary/aromatic N) is 2. The van der Waals surface area contributed by atoms with E-state index < -0.39 is 34.3 Å². The summed E-state index contributed by atoms with van der Waals surface area (Å²) in [6, 6.07) is 25.8. The van der Waals surface area contributed by atoms with E-state index in [9.17, 15) is 22.4 Å². The van der Waals surface area contributed by atoms with Gasteiger partial charge in [0.1, 0.15) is 24.2 Å². The van der Waals surface area contributed by atoms with Gasteiger partial charge in [0.2, 0.25) is 11.8 Å². The van der Waals surface area contributed by atoms with Gasteiger partial charge < -0.3 is 15.0 Å². The number of carbonyl (C=O) groups is 2. The Morgan fingerprint density at radius 2 is 1.51 bits per heavy atom. The number of rotatable bonds is 15. The molecule has 248 valence electrons. The summed E-state index contributed by atoms with van der Waals surface area (Å²) in [5.74, 6) is -0.917. The Labute approximate surface area is 281 Å². The number of hydrogen-bond acceptors (Lipinski definition) is 5. The number of sulfonamides is 1. The third-order valence-corrected chi connectivity index (χ3v) is 9.69. The Balaban J connectivity index is 1.80. The van der Waals surface area contributed by atoms with Gasteiger partial charge in [0, 0.05) is 24.0 Å². The zero-order valence-corrected chi connectivity index (χ0v) is 28.2. The van der Waals surface area contributed by atoms with Crippen LogP contribution in [0.2, 0.25) is 5.02 Å². The minimum absolute atomic E-state index is 0.0657. The Morgan fingerprint density at radius 3 is 2.11 bits per heavy atom. The molecule has 4 rings (SSSR count). The van der Waals surface area contributed by atoms with E-state index in [1.807, 2.05) is 51.1 Å². The number of anilines is 1. The standard InChI is InChI=1S/C36H39ClFN3O5S/c1-4-26(3)39-36(43)34(23-27-9-7-6-8-10-27)40(24-28-11-15-30(38)16-12-28)35(42)25-41(31-17-19-32(20-18-31)46-5-2)47(44,45)33-21-13-29(37)14-22-33/h6-22,26,34H,4-5,23-25H2,1-3H3,(H,39,43)/t26-,34-/m1/s1. The fraction of sp³-hybridized carbons (Fsp3) is 0.278. The Kier molecular flexibility index (Phi) is 12.4. The number of halogens is 2. The van der Waals surface area contributed by atoms with Gasteiger partial charge in [0.15, 0.2) is 0 Å². The number of hydrogen-bond donors (Lipinski definition) is 1. The molecule has 0 aromatic heterocycles. The van der Waals surface area contributed by atoms with Crippen molar-refractivity contribution in [3.8, 4) is 5.75 Å². The normalized spacial score (nSPS) is 12.5. The van der Waals surface area contributed by atoms with Gasteiger partial charge in [-0.3, -0.25) is 13.9 Å². The van der Waals surface area contributed by atoms with E-state index in [2.05, 4.69) is 5.32 Å². The van der Waals surface area contributed by atoms with E-state index in [1.165, 1.54) is 53.4 Å². The summed E-state index contributed by atoms with van der Waals surface area (Å²) in [4.78, 5) is 29.7. The smallest absolute Gasteiger partial charge is 0.264 e. The zero-order valence-electron chi connectivity index (χ0n) is 26.6. The van der Waals surface area contributed by atoms with Crippen LogP contribution in [0, 0.1) is 5.82 Å². The van der Waals surface area contributed by atoms with Crippen molar-refractivity contribution < 1.29 is 27.1 Å². The lowest BCUT2D eigenvalue weighted by atomic mass is 10.0. The lowest BCUT2D eigenvalue weighted by Crippen LogP contribution is -2.54. The lowest BCUT2D eigenvalue weighted by molar-refractivity contribution is -0.140. The molecule has 0 unspecified atom stereocenters. The number of benzene rings is 4. The summed E-state index contributed by atoms with van der Waals surface area (Å²) >= 11 is 6.05. The van der Waals surface area contributed by atoms with Crippen LogP contribution in [-0.2, 0) is 32.6 Å². The molecule has 0 spiro atoms. The first kappa shape index (κ1) is 35.4. The maximum atomic E-state index is 14.5. The number of amides is 2. The molecule has 0 radical (unpaired) electrons. The minimum atomic E-state index is -4.29. The van der Waals surface area contributed by atoms with Crippen molar-refractivity contribution in [3.63, 3.8) is 0 Å².